The van der Waals surface area contributed by atoms with Gasteiger partial charge < -0.3 is 19.4 Å². The highest BCUT2D eigenvalue weighted by atomic mass is 32.2. The van der Waals surface area contributed by atoms with Crippen molar-refractivity contribution < 1.29 is 19.1 Å². The Bertz CT molecular complexity index is 1270. The molecule has 0 unspecified atom stereocenters. The van der Waals surface area contributed by atoms with E-state index in [0.29, 0.717) is 21.5 Å². The number of rotatable bonds is 9. The van der Waals surface area contributed by atoms with Crippen molar-refractivity contribution in [3.05, 3.63) is 51.2 Å². The number of aromatic nitrogens is 3. The number of hydrogen-bond acceptors (Lipinski definition) is 8. The van der Waals surface area contributed by atoms with Gasteiger partial charge in [0.15, 0.2) is 11.0 Å². The normalized spacial score (nSPS) is 12.9. The van der Waals surface area contributed by atoms with Crippen LogP contribution in [0.1, 0.15) is 64.4 Å². The smallest absolute Gasteiger partial charge is 0.341 e. The van der Waals surface area contributed by atoms with Crippen LogP contribution in [0.3, 0.4) is 0 Å². The number of aryl methyl sites for hydroxylation is 3. The molecule has 0 fully saturated rings. The van der Waals surface area contributed by atoms with E-state index in [2.05, 4.69) is 15.5 Å². The lowest BCUT2D eigenvalue weighted by molar-refractivity contribution is -0.113. The second kappa shape index (κ2) is 11.5. The summed E-state index contributed by atoms with van der Waals surface area (Å²) in [5, 5.41) is 12.6. The molecule has 2 heterocycles. The van der Waals surface area contributed by atoms with Crippen LogP contribution >= 0.6 is 23.1 Å². The molecule has 1 aliphatic rings. The van der Waals surface area contributed by atoms with Crippen LogP contribution in [-0.2, 0) is 36.0 Å². The molecule has 10 heteroatoms. The number of nitrogens with zero attached hydrogens (tertiary/aromatic N) is 3. The highest BCUT2D eigenvalue weighted by Crippen LogP contribution is 2.39. The summed E-state index contributed by atoms with van der Waals surface area (Å²) in [7, 11) is 1.86. The van der Waals surface area contributed by atoms with E-state index in [1.54, 1.807) is 0 Å². The number of fused-ring (bicyclic) bond motifs is 1. The number of carbonyl (C=O) groups excluding carboxylic acids is 2. The Morgan fingerprint density at radius 1 is 1.19 bits per heavy atom. The minimum Gasteiger partial charge on any atom is -0.485 e. The lowest BCUT2D eigenvalue weighted by atomic mass is 9.95. The Hall–Kier alpha value is -2.85. The topological polar surface area (TPSA) is 95.3 Å². The molecule has 1 amide bonds. The second-order valence-electron chi connectivity index (χ2n) is 9.22. The fraction of sp³-hybridized carbons (Fsp3) is 0.462. The number of thioether (sulfide) groups is 1. The lowest BCUT2D eigenvalue weighted by Gasteiger charge is -2.14. The number of benzene rings is 1. The summed E-state index contributed by atoms with van der Waals surface area (Å²) in [4.78, 5) is 26.8. The molecular formula is C26H32N4O4S2. The summed E-state index contributed by atoms with van der Waals surface area (Å²) in [6.45, 7) is 7.96. The third-order valence-corrected chi connectivity index (χ3v) is 8.16. The lowest BCUT2D eigenvalue weighted by Crippen LogP contribution is -2.19. The van der Waals surface area contributed by atoms with Gasteiger partial charge in [0.05, 0.1) is 17.4 Å². The number of carbonyl (C=O) groups is 2. The first-order valence-corrected chi connectivity index (χ1v) is 13.9. The zero-order chi connectivity index (χ0) is 25.8. The number of nitrogens with one attached hydrogen (secondary N) is 1. The van der Waals surface area contributed by atoms with Crippen molar-refractivity contribution in [2.24, 2.45) is 7.05 Å². The number of thiophene rings is 1. The number of hydrogen-bond donors (Lipinski definition) is 1. The van der Waals surface area contributed by atoms with Gasteiger partial charge in [-0.2, -0.15) is 0 Å². The molecule has 192 valence electrons. The minimum absolute atomic E-state index is 0.144. The first kappa shape index (κ1) is 26.2. The summed E-state index contributed by atoms with van der Waals surface area (Å²) in [5.41, 5.74) is 3.73. The quantitative estimate of drug-likeness (QED) is 0.299. The molecular weight excluding hydrogens is 496 g/mol. The van der Waals surface area contributed by atoms with Gasteiger partial charge in [-0.1, -0.05) is 23.9 Å². The van der Waals surface area contributed by atoms with E-state index in [9.17, 15) is 9.59 Å². The monoisotopic (exact) mass is 528 g/mol. The summed E-state index contributed by atoms with van der Waals surface area (Å²) >= 11 is 2.78. The maximum absolute atomic E-state index is 12.8. The van der Waals surface area contributed by atoms with Gasteiger partial charge in [0.1, 0.15) is 17.4 Å². The predicted molar refractivity (Wildman–Crippen MR) is 142 cm³/mol. The zero-order valence-corrected chi connectivity index (χ0v) is 23.0. The van der Waals surface area contributed by atoms with Crippen LogP contribution in [0.4, 0.5) is 5.00 Å². The number of anilines is 1. The maximum atomic E-state index is 12.8. The number of ether oxygens (including phenoxy) is 2. The first-order valence-electron chi connectivity index (χ1n) is 12.1. The van der Waals surface area contributed by atoms with E-state index in [1.165, 1.54) is 28.0 Å². The molecule has 2 aromatic heterocycles. The van der Waals surface area contributed by atoms with Crippen LogP contribution in [0.15, 0.2) is 23.4 Å². The zero-order valence-electron chi connectivity index (χ0n) is 21.3. The van der Waals surface area contributed by atoms with E-state index >= 15 is 0 Å². The van der Waals surface area contributed by atoms with Gasteiger partial charge >= 0.3 is 5.97 Å². The van der Waals surface area contributed by atoms with Crippen LogP contribution in [0.25, 0.3) is 0 Å². The van der Waals surface area contributed by atoms with Crippen LogP contribution in [0.2, 0.25) is 0 Å². The van der Waals surface area contributed by atoms with Crippen molar-refractivity contribution in [2.75, 3.05) is 11.1 Å². The molecule has 4 rings (SSSR count). The van der Waals surface area contributed by atoms with Gasteiger partial charge in [-0.3, -0.25) is 4.79 Å². The second-order valence-corrected chi connectivity index (χ2v) is 11.3. The molecule has 3 aromatic rings. The van der Waals surface area contributed by atoms with Crippen molar-refractivity contribution in [1.29, 1.82) is 0 Å². The third-order valence-electron chi connectivity index (χ3n) is 5.93. The van der Waals surface area contributed by atoms with Gasteiger partial charge in [0.25, 0.3) is 0 Å². The van der Waals surface area contributed by atoms with Crippen molar-refractivity contribution in [1.82, 2.24) is 14.8 Å². The molecule has 1 N–H and O–H groups in total. The minimum atomic E-state index is -0.367. The van der Waals surface area contributed by atoms with Crippen LogP contribution in [0, 0.1) is 13.8 Å². The SMILES string of the molecule is Cc1ccc(C)c(OCc2nnc(SCC(=O)Nc3sc4c(c3C(=O)OC(C)C)CCCC4)n2C)c1. The molecule has 36 heavy (non-hydrogen) atoms. The summed E-state index contributed by atoms with van der Waals surface area (Å²) in [5.74, 6) is 1.06. The summed E-state index contributed by atoms with van der Waals surface area (Å²) in [6.07, 6.45) is 3.68. The molecule has 0 aliphatic heterocycles. The molecule has 1 aliphatic carbocycles. The Morgan fingerprint density at radius 2 is 1.97 bits per heavy atom. The summed E-state index contributed by atoms with van der Waals surface area (Å²) < 4.78 is 13.3. The maximum Gasteiger partial charge on any atom is 0.341 e. The molecule has 1 aromatic carbocycles. The molecule has 0 bridgehead atoms. The van der Waals surface area contributed by atoms with Gasteiger partial charge in [-0.05, 0) is 76.1 Å². The van der Waals surface area contributed by atoms with Gasteiger partial charge in [0.2, 0.25) is 5.91 Å². The Labute approximate surface area is 219 Å². The van der Waals surface area contributed by atoms with Crippen molar-refractivity contribution in [3.63, 3.8) is 0 Å². The predicted octanol–water partition coefficient (Wildman–Crippen LogP) is 5.25. The van der Waals surface area contributed by atoms with E-state index in [0.717, 1.165) is 48.1 Å². The fourth-order valence-corrected chi connectivity index (χ4v) is 6.06. The first-order chi connectivity index (χ1) is 17.2. The number of amides is 1. The van der Waals surface area contributed by atoms with Crippen LogP contribution < -0.4 is 10.1 Å². The fourth-order valence-electron chi connectivity index (χ4n) is 4.04. The molecule has 0 saturated carbocycles. The van der Waals surface area contributed by atoms with E-state index in [1.807, 2.05) is 57.5 Å². The van der Waals surface area contributed by atoms with Gasteiger partial charge in [-0.15, -0.1) is 21.5 Å². The molecule has 8 nitrogen and oxygen atoms in total. The van der Waals surface area contributed by atoms with Crippen molar-refractivity contribution in [2.45, 2.75) is 71.2 Å². The summed E-state index contributed by atoms with van der Waals surface area (Å²) in [6, 6.07) is 6.07. The molecule has 0 atom stereocenters. The highest BCUT2D eigenvalue weighted by Gasteiger charge is 2.28. The van der Waals surface area contributed by atoms with E-state index in [-0.39, 0.29) is 30.3 Å². The average molecular weight is 529 g/mol. The van der Waals surface area contributed by atoms with Crippen molar-refractivity contribution >= 4 is 40.0 Å². The third kappa shape index (κ3) is 6.10. The van der Waals surface area contributed by atoms with E-state index in [4.69, 9.17) is 9.47 Å². The van der Waals surface area contributed by atoms with Gasteiger partial charge in [-0.25, -0.2) is 4.79 Å². The van der Waals surface area contributed by atoms with Gasteiger partial charge in [0, 0.05) is 11.9 Å². The van der Waals surface area contributed by atoms with E-state index < -0.39 is 0 Å². The molecule has 0 spiro atoms. The largest absolute Gasteiger partial charge is 0.485 e. The Kier molecular flexibility index (Phi) is 8.35. The average Bonchev–Trinajstić information content (AvgIpc) is 3.37. The highest BCUT2D eigenvalue weighted by molar-refractivity contribution is 7.99. The molecule has 0 radical (unpaired) electrons. The molecule has 0 saturated heterocycles. The van der Waals surface area contributed by atoms with Crippen LogP contribution in [0.5, 0.6) is 5.75 Å². The van der Waals surface area contributed by atoms with Crippen molar-refractivity contribution in [3.8, 4) is 5.75 Å². The number of esters is 1. The Morgan fingerprint density at radius 3 is 2.75 bits per heavy atom. The Balaban J connectivity index is 1.39. The standard InChI is InChI=1S/C26H32N4O4S2/c1-15(2)34-25(32)23-18-8-6-7-9-20(18)36-24(23)27-22(31)14-35-26-29-28-21(30(26)5)13-33-19-12-16(3)10-11-17(19)4/h10-12,15H,6-9,13-14H2,1-5H3,(H,27,31). The van der Waals surface area contributed by atoms with Crippen LogP contribution in [-0.4, -0.2) is 38.5 Å².